The molecule has 0 amide bonds. The normalized spacial score (nSPS) is 10.4. The van der Waals surface area contributed by atoms with Gasteiger partial charge in [0.2, 0.25) is 0 Å². The van der Waals surface area contributed by atoms with Crippen molar-refractivity contribution in [2.75, 3.05) is 6.26 Å². The van der Waals surface area contributed by atoms with Gasteiger partial charge in [-0.25, -0.2) is 0 Å². The molecule has 1 heterocycles. The lowest BCUT2D eigenvalue weighted by Gasteiger charge is -2.11. The highest BCUT2D eigenvalue weighted by Crippen LogP contribution is 2.31. The quantitative estimate of drug-likeness (QED) is 0.500. The number of rotatable bonds is 5. The molecule has 0 unspecified atom stereocenters. The minimum Gasteiger partial charge on any atom is -0.453 e. The lowest BCUT2D eigenvalue weighted by Crippen LogP contribution is -2.13. The number of hydrogen-bond acceptors (Lipinski definition) is 4. The molecule has 2 aromatic rings. The van der Waals surface area contributed by atoms with Crippen LogP contribution in [0.4, 0.5) is 0 Å². The first-order valence-corrected chi connectivity index (χ1v) is 7.10. The van der Waals surface area contributed by atoms with Crippen molar-refractivity contribution in [2.24, 2.45) is 5.73 Å². The number of nitrogens with zero attached hydrogens (tertiary/aromatic N) is 2. The third kappa shape index (κ3) is 2.90. The van der Waals surface area contributed by atoms with Gasteiger partial charge in [-0.15, -0.1) is 11.8 Å². The second-order valence-electron chi connectivity index (χ2n) is 3.88. The van der Waals surface area contributed by atoms with Crippen molar-refractivity contribution in [3.8, 4) is 11.5 Å². The van der Waals surface area contributed by atoms with E-state index in [2.05, 4.69) is 5.10 Å². The van der Waals surface area contributed by atoms with Crippen LogP contribution in [0, 0.1) is 5.41 Å². The molecule has 0 fully saturated rings. The first-order chi connectivity index (χ1) is 9.15. The van der Waals surface area contributed by atoms with Crippen LogP contribution >= 0.6 is 11.8 Å². The molecule has 0 bridgehead atoms. The predicted molar refractivity (Wildman–Crippen MR) is 77.2 cm³/mol. The van der Waals surface area contributed by atoms with Gasteiger partial charge in [-0.05, 0) is 25.3 Å². The van der Waals surface area contributed by atoms with Crippen LogP contribution in [0.2, 0.25) is 0 Å². The molecule has 0 radical (unpaired) electrons. The van der Waals surface area contributed by atoms with Gasteiger partial charge in [-0.2, -0.15) is 5.10 Å². The van der Waals surface area contributed by atoms with Gasteiger partial charge in [0.15, 0.2) is 5.75 Å². The van der Waals surface area contributed by atoms with E-state index in [4.69, 9.17) is 15.9 Å². The minimum atomic E-state index is 0.00262. The molecule has 0 saturated carbocycles. The van der Waals surface area contributed by atoms with Crippen molar-refractivity contribution in [1.29, 1.82) is 5.41 Å². The van der Waals surface area contributed by atoms with Crippen LogP contribution in [-0.4, -0.2) is 21.9 Å². The van der Waals surface area contributed by atoms with E-state index in [0.29, 0.717) is 17.1 Å². The Morgan fingerprint density at radius 1 is 1.53 bits per heavy atom. The zero-order valence-electron chi connectivity index (χ0n) is 10.9. The van der Waals surface area contributed by atoms with Crippen molar-refractivity contribution in [2.45, 2.75) is 18.4 Å². The average Bonchev–Trinajstić information content (AvgIpc) is 2.85. The Morgan fingerprint density at radius 2 is 2.32 bits per heavy atom. The van der Waals surface area contributed by atoms with E-state index in [1.54, 1.807) is 16.9 Å². The number of amidine groups is 1. The topological polar surface area (TPSA) is 76.9 Å². The summed E-state index contributed by atoms with van der Waals surface area (Å²) in [7, 11) is 0. The zero-order valence-corrected chi connectivity index (χ0v) is 11.7. The average molecular weight is 276 g/mol. The summed E-state index contributed by atoms with van der Waals surface area (Å²) in [4.78, 5) is 0.924. The van der Waals surface area contributed by atoms with Gasteiger partial charge in [-0.3, -0.25) is 10.1 Å². The molecule has 100 valence electrons. The van der Waals surface area contributed by atoms with E-state index < -0.39 is 0 Å². The fraction of sp³-hybridized carbons (Fsp3) is 0.231. The van der Waals surface area contributed by atoms with Gasteiger partial charge in [0.25, 0.3) is 0 Å². The maximum absolute atomic E-state index is 7.69. The molecule has 0 aliphatic carbocycles. The summed E-state index contributed by atoms with van der Waals surface area (Å²) in [5, 5.41) is 11.8. The van der Waals surface area contributed by atoms with Crippen LogP contribution in [0.1, 0.15) is 12.5 Å². The van der Waals surface area contributed by atoms with Crippen LogP contribution < -0.4 is 10.5 Å². The summed E-state index contributed by atoms with van der Waals surface area (Å²) in [5.41, 5.74) is 6.27. The summed E-state index contributed by atoms with van der Waals surface area (Å²) in [6.45, 7) is 2.79. The molecular weight excluding hydrogens is 260 g/mol. The van der Waals surface area contributed by atoms with E-state index in [9.17, 15) is 0 Å². The Hall–Kier alpha value is -1.95. The molecule has 5 nitrogen and oxygen atoms in total. The van der Waals surface area contributed by atoms with Gasteiger partial charge in [0, 0.05) is 11.4 Å². The highest BCUT2D eigenvalue weighted by atomic mass is 32.2. The lowest BCUT2D eigenvalue weighted by atomic mass is 10.2. The smallest absolute Gasteiger partial charge is 0.165 e. The number of nitrogens with two attached hydrogens (primary N) is 1. The summed E-state index contributed by atoms with van der Waals surface area (Å²) < 4.78 is 7.56. The van der Waals surface area contributed by atoms with Crippen LogP contribution in [0.5, 0.6) is 11.5 Å². The highest BCUT2D eigenvalue weighted by molar-refractivity contribution is 7.98. The Morgan fingerprint density at radius 3 is 2.89 bits per heavy atom. The molecule has 19 heavy (non-hydrogen) atoms. The second kappa shape index (κ2) is 5.79. The fourth-order valence-corrected chi connectivity index (χ4v) is 2.36. The van der Waals surface area contributed by atoms with Crippen molar-refractivity contribution in [3.05, 3.63) is 36.2 Å². The van der Waals surface area contributed by atoms with Crippen molar-refractivity contribution >= 4 is 17.6 Å². The number of thioether (sulfide) groups is 1. The third-order valence-electron chi connectivity index (χ3n) is 2.64. The molecule has 6 heteroatoms. The Kier molecular flexibility index (Phi) is 4.11. The van der Waals surface area contributed by atoms with E-state index in [-0.39, 0.29) is 5.84 Å². The maximum Gasteiger partial charge on any atom is 0.165 e. The minimum absolute atomic E-state index is 0.00262. The van der Waals surface area contributed by atoms with Crippen molar-refractivity contribution in [3.63, 3.8) is 0 Å². The number of aromatic nitrogens is 2. The molecule has 1 aromatic heterocycles. The van der Waals surface area contributed by atoms with Crippen molar-refractivity contribution in [1.82, 2.24) is 9.78 Å². The van der Waals surface area contributed by atoms with Crippen LogP contribution in [-0.2, 0) is 6.54 Å². The summed E-state index contributed by atoms with van der Waals surface area (Å²) in [6.07, 6.45) is 5.41. The molecule has 0 atom stereocenters. The Balaban J connectivity index is 2.36. The number of ether oxygens (including phenoxy) is 1. The third-order valence-corrected chi connectivity index (χ3v) is 3.42. The van der Waals surface area contributed by atoms with Crippen LogP contribution in [0.25, 0.3) is 0 Å². The van der Waals surface area contributed by atoms with E-state index >= 15 is 0 Å². The second-order valence-corrected chi connectivity index (χ2v) is 4.73. The highest BCUT2D eigenvalue weighted by Gasteiger charge is 2.13. The van der Waals surface area contributed by atoms with E-state index in [1.165, 1.54) is 11.8 Å². The zero-order chi connectivity index (χ0) is 13.8. The number of hydrogen-bond donors (Lipinski definition) is 2. The number of benzene rings is 1. The van der Waals surface area contributed by atoms with Crippen molar-refractivity contribution < 1.29 is 4.74 Å². The summed E-state index contributed by atoms with van der Waals surface area (Å²) >= 11 is 1.54. The van der Waals surface area contributed by atoms with Crippen LogP contribution in [0.3, 0.4) is 0 Å². The SMILES string of the molecule is CCn1cc(Oc2cccc(SC)c2C(=N)N)cn1. The standard InChI is InChI=1S/C13H16N4OS/c1-3-17-8-9(7-16-17)18-10-5-4-6-11(19-2)12(10)13(14)15/h4-8H,3H2,1-2H3,(H3,14,15). The lowest BCUT2D eigenvalue weighted by molar-refractivity contribution is 0.478. The molecule has 2 rings (SSSR count). The summed E-state index contributed by atoms with van der Waals surface area (Å²) in [6, 6.07) is 5.61. The van der Waals surface area contributed by atoms with Gasteiger partial charge in [0.1, 0.15) is 11.6 Å². The molecular formula is C13H16N4OS. The first kappa shape index (κ1) is 13.5. The van der Waals surface area contributed by atoms with Crippen LogP contribution in [0.15, 0.2) is 35.5 Å². The largest absolute Gasteiger partial charge is 0.453 e. The molecule has 0 aliphatic heterocycles. The van der Waals surface area contributed by atoms with Gasteiger partial charge in [0.05, 0.1) is 18.0 Å². The number of aryl methyl sites for hydroxylation is 1. The molecule has 1 aromatic carbocycles. The van der Waals surface area contributed by atoms with Gasteiger partial charge < -0.3 is 10.5 Å². The predicted octanol–water partition coefficient (Wildman–Crippen LogP) is 2.70. The van der Waals surface area contributed by atoms with Gasteiger partial charge in [-0.1, -0.05) is 6.07 Å². The molecule has 0 saturated heterocycles. The van der Waals surface area contributed by atoms with E-state index in [0.717, 1.165) is 11.4 Å². The first-order valence-electron chi connectivity index (χ1n) is 5.87. The van der Waals surface area contributed by atoms with E-state index in [1.807, 2.05) is 31.5 Å². The molecule has 0 aliphatic rings. The monoisotopic (exact) mass is 276 g/mol. The fourth-order valence-electron chi connectivity index (χ4n) is 1.73. The molecule has 0 spiro atoms. The Bertz CT molecular complexity index is 594. The number of nitrogen functional groups attached to an aromatic ring is 1. The summed E-state index contributed by atoms with van der Waals surface area (Å²) in [5.74, 6) is 1.22. The maximum atomic E-state index is 7.69. The molecule has 3 N–H and O–H groups in total. The Labute approximate surface area is 116 Å². The number of nitrogens with one attached hydrogen (secondary N) is 1. The van der Waals surface area contributed by atoms with Gasteiger partial charge >= 0.3 is 0 Å².